The monoisotopic (exact) mass is 445 g/mol. The number of piperidine rings is 2. The van der Waals surface area contributed by atoms with E-state index in [0.29, 0.717) is 29.3 Å². The molecule has 0 aromatic heterocycles. The topological polar surface area (TPSA) is 43.9 Å². The minimum atomic E-state index is -0.357. The maximum Gasteiger partial charge on any atom is 0.233 e. The van der Waals surface area contributed by atoms with Crippen molar-refractivity contribution in [3.63, 3.8) is 0 Å². The standard InChI is InChI=1S/C25H36ClN3O2/c1-27(2)22-10-16-28(17-11-22)23(30)18-19-8-14-29(15-9-19)24(31)25(12-3-13-25)20-4-6-21(26)7-5-20/h4-7,19,22H,3,8-18H2,1-2H3. The normalized spacial score (nSPS) is 22.5. The van der Waals surface area contributed by atoms with E-state index in [9.17, 15) is 9.59 Å². The first-order valence-electron chi connectivity index (χ1n) is 11.9. The van der Waals surface area contributed by atoms with Gasteiger partial charge in [-0.3, -0.25) is 9.59 Å². The van der Waals surface area contributed by atoms with Gasteiger partial charge in [0, 0.05) is 43.7 Å². The summed E-state index contributed by atoms with van der Waals surface area (Å²) >= 11 is 6.06. The summed E-state index contributed by atoms with van der Waals surface area (Å²) in [4.78, 5) is 32.7. The molecular formula is C25H36ClN3O2. The molecule has 0 radical (unpaired) electrons. The van der Waals surface area contributed by atoms with E-state index in [1.54, 1.807) is 0 Å². The fraction of sp³-hybridized carbons (Fsp3) is 0.680. The van der Waals surface area contributed by atoms with Crippen molar-refractivity contribution in [3.05, 3.63) is 34.9 Å². The Kier molecular flexibility index (Phi) is 6.92. The zero-order valence-corrected chi connectivity index (χ0v) is 19.7. The summed E-state index contributed by atoms with van der Waals surface area (Å²) in [5.74, 6) is 0.978. The predicted octanol–water partition coefficient (Wildman–Crippen LogP) is 3.94. The molecule has 170 valence electrons. The highest BCUT2D eigenvalue weighted by Crippen LogP contribution is 2.46. The van der Waals surface area contributed by atoms with Crippen molar-refractivity contribution in [2.75, 3.05) is 40.3 Å². The van der Waals surface area contributed by atoms with Crippen molar-refractivity contribution in [2.45, 2.75) is 62.8 Å². The van der Waals surface area contributed by atoms with Crippen LogP contribution < -0.4 is 0 Å². The van der Waals surface area contributed by atoms with Crippen LogP contribution in [0.4, 0.5) is 0 Å². The average molecular weight is 446 g/mol. The molecule has 1 aromatic carbocycles. The number of halogens is 1. The Morgan fingerprint density at radius 2 is 1.55 bits per heavy atom. The average Bonchev–Trinajstić information content (AvgIpc) is 2.74. The summed E-state index contributed by atoms with van der Waals surface area (Å²) in [6, 6.07) is 8.42. The van der Waals surface area contributed by atoms with E-state index in [2.05, 4.69) is 28.8 Å². The minimum Gasteiger partial charge on any atom is -0.343 e. The van der Waals surface area contributed by atoms with Crippen LogP contribution in [-0.2, 0) is 15.0 Å². The Morgan fingerprint density at radius 3 is 2.06 bits per heavy atom. The maximum absolute atomic E-state index is 13.5. The molecule has 2 heterocycles. The smallest absolute Gasteiger partial charge is 0.233 e. The molecule has 0 unspecified atom stereocenters. The minimum absolute atomic E-state index is 0.275. The van der Waals surface area contributed by atoms with Gasteiger partial charge in [0.15, 0.2) is 0 Å². The van der Waals surface area contributed by atoms with Gasteiger partial charge in [-0.15, -0.1) is 0 Å². The molecule has 1 saturated carbocycles. The van der Waals surface area contributed by atoms with Gasteiger partial charge in [0.2, 0.25) is 11.8 Å². The highest BCUT2D eigenvalue weighted by molar-refractivity contribution is 6.30. The number of hydrogen-bond acceptors (Lipinski definition) is 3. The molecule has 0 bridgehead atoms. The van der Waals surface area contributed by atoms with Crippen molar-refractivity contribution in [1.82, 2.24) is 14.7 Å². The summed E-state index contributed by atoms with van der Waals surface area (Å²) in [6.45, 7) is 3.30. The molecule has 31 heavy (non-hydrogen) atoms. The first-order valence-corrected chi connectivity index (χ1v) is 12.3. The third-order valence-corrected chi connectivity index (χ3v) is 8.18. The number of benzene rings is 1. The van der Waals surface area contributed by atoms with Crippen molar-refractivity contribution in [1.29, 1.82) is 0 Å². The molecule has 3 fully saturated rings. The van der Waals surface area contributed by atoms with Crippen molar-refractivity contribution in [3.8, 4) is 0 Å². The largest absolute Gasteiger partial charge is 0.343 e. The zero-order chi connectivity index (χ0) is 22.0. The Hall–Kier alpha value is -1.59. The van der Waals surface area contributed by atoms with Crippen LogP contribution in [0.25, 0.3) is 0 Å². The Labute approximate surface area is 191 Å². The third kappa shape index (κ3) is 4.78. The lowest BCUT2D eigenvalue weighted by molar-refractivity contribution is -0.142. The Balaban J connectivity index is 1.28. The van der Waals surface area contributed by atoms with Gasteiger partial charge < -0.3 is 14.7 Å². The van der Waals surface area contributed by atoms with Gasteiger partial charge in [-0.05, 0) is 76.2 Å². The number of hydrogen-bond donors (Lipinski definition) is 0. The van der Waals surface area contributed by atoms with Gasteiger partial charge in [0.05, 0.1) is 5.41 Å². The van der Waals surface area contributed by atoms with Crippen LogP contribution >= 0.6 is 11.6 Å². The molecular weight excluding hydrogens is 410 g/mol. The molecule has 6 heteroatoms. The number of carbonyl (C=O) groups excluding carboxylic acids is 2. The van der Waals surface area contributed by atoms with Gasteiger partial charge in [-0.1, -0.05) is 30.2 Å². The predicted molar refractivity (Wildman–Crippen MR) is 124 cm³/mol. The Bertz CT molecular complexity index is 774. The number of carbonyl (C=O) groups is 2. The molecule has 2 amide bonds. The Morgan fingerprint density at radius 1 is 0.968 bits per heavy atom. The molecule has 0 atom stereocenters. The van der Waals surface area contributed by atoms with Gasteiger partial charge in [-0.2, -0.15) is 0 Å². The van der Waals surface area contributed by atoms with E-state index in [-0.39, 0.29) is 11.3 Å². The van der Waals surface area contributed by atoms with Crippen LogP contribution in [0.15, 0.2) is 24.3 Å². The van der Waals surface area contributed by atoms with E-state index in [0.717, 1.165) is 76.7 Å². The molecule has 3 aliphatic rings. The fourth-order valence-electron chi connectivity index (χ4n) is 5.58. The van der Waals surface area contributed by atoms with Crippen molar-refractivity contribution in [2.24, 2.45) is 5.92 Å². The van der Waals surface area contributed by atoms with Crippen LogP contribution in [0, 0.1) is 5.92 Å². The first kappa shape index (κ1) is 22.6. The van der Waals surface area contributed by atoms with Gasteiger partial charge in [-0.25, -0.2) is 0 Å². The lowest BCUT2D eigenvalue weighted by Crippen LogP contribution is -2.53. The number of amides is 2. The van der Waals surface area contributed by atoms with Gasteiger partial charge in [0.25, 0.3) is 0 Å². The molecule has 2 aliphatic heterocycles. The SMILES string of the molecule is CN(C)C1CCN(C(=O)CC2CCN(C(=O)C3(c4ccc(Cl)cc4)CCC3)CC2)CC1. The lowest BCUT2D eigenvalue weighted by Gasteiger charge is -2.45. The highest BCUT2D eigenvalue weighted by Gasteiger charge is 2.48. The highest BCUT2D eigenvalue weighted by atomic mass is 35.5. The lowest BCUT2D eigenvalue weighted by atomic mass is 9.63. The van der Waals surface area contributed by atoms with Crippen LogP contribution in [0.2, 0.25) is 5.02 Å². The van der Waals surface area contributed by atoms with Gasteiger partial charge >= 0.3 is 0 Å². The van der Waals surface area contributed by atoms with Crippen LogP contribution in [0.1, 0.15) is 56.9 Å². The zero-order valence-electron chi connectivity index (χ0n) is 19.0. The van der Waals surface area contributed by atoms with E-state index in [1.807, 2.05) is 24.3 Å². The summed E-state index contributed by atoms with van der Waals surface area (Å²) in [5, 5.41) is 0.710. The molecule has 0 N–H and O–H groups in total. The number of likely N-dealkylation sites (tertiary alicyclic amines) is 2. The van der Waals surface area contributed by atoms with Crippen molar-refractivity contribution < 1.29 is 9.59 Å². The number of rotatable bonds is 5. The van der Waals surface area contributed by atoms with E-state index >= 15 is 0 Å². The first-order chi connectivity index (χ1) is 14.9. The quantitative estimate of drug-likeness (QED) is 0.689. The van der Waals surface area contributed by atoms with E-state index in [1.165, 1.54) is 0 Å². The molecule has 0 spiro atoms. The van der Waals surface area contributed by atoms with Crippen LogP contribution in [0.3, 0.4) is 0 Å². The van der Waals surface area contributed by atoms with Crippen LogP contribution in [0.5, 0.6) is 0 Å². The van der Waals surface area contributed by atoms with E-state index < -0.39 is 0 Å². The summed E-state index contributed by atoms with van der Waals surface area (Å²) in [6.07, 6.45) is 7.59. The van der Waals surface area contributed by atoms with Crippen molar-refractivity contribution >= 4 is 23.4 Å². The maximum atomic E-state index is 13.5. The molecule has 1 aliphatic carbocycles. The second-order valence-electron chi connectivity index (χ2n) is 9.96. The molecule has 4 rings (SSSR count). The van der Waals surface area contributed by atoms with Crippen LogP contribution in [-0.4, -0.2) is 72.8 Å². The molecule has 5 nitrogen and oxygen atoms in total. The second kappa shape index (κ2) is 9.50. The number of nitrogens with zero attached hydrogens (tertiary/aromatic N) is 3. The second-order valence-corrected chi connectivity index (χ2v) is 10.4. The molecule has 1 aromatic rings. The summed E-state index contributed by atoms with van der Waals surface area (Å²) in [7, 11) is 4.25. The third-order valence-electron chi connectivity index (χ3n) is 7.93. The molecule has 2 saturated heterocycles. The van der Waals surface area contributed by atoms with E-state index in [4.69, 9.17) is 11.6 Å². The summed E-state index contributed by atoms with van der Waals surface area (Å²) < 4.78 is 0. The summed E-state index contributed by atoms with van der Waals surface area (Å²) in [5.41, 5.74) is 0.746. The van der Waals surface area contributed by atoms with Gasteiger partial charge in [0.1, 0.15) is 0 Å². The fourth-order valence-corrected chi connectivity index (χ4v) is 5.70.